The molecular formula is C15H21N3O3S. The Morgan fingerprint density at radius 2 is 2.05 bits per heavy atom. The fraction of sp³-hybridized carbons (Fsp3) is 0.467. The molecule has 0 amide bonds. The second-order valence-corrected chi connectivity index (χ2v) is 7.31. The van der Waals surface area contributed by atoms with Crippen LogP contribution in [-0.4, -0.2) is 26.6 Å². The van der Waals surface area contributed by atoms with Gasteiger partial charge in [-0.1, -0.05) is 12.1 Å². The van der Waals surface area contributed by atoms with Crippen molar-refractivity contribution in [3.8, 4) is 6.07 Å². The number of nitrogens with one attached hydrogen (secondary N) is 1. The molecule has 0 unspecified atom stereocenters. The molecule has 1 aromatic rings. The van der Waals surface area contributed by atoms with Crippen LogP contribution < -0.4 is 5.32 Å². The van der Waals surface area contributed by atoms with Gasteiger partial charge >= 0.3 is 6.02 Å². The number of hydrogen-bond acceptors (Lipinski definition) is 4. The van der Waals surface area contributed by atoms with Gasteiger partial charge in [-0.3, -0.25) is 0 Å². The molecule has 1 aromatic carbocycles. The molecule has 0 bridgehead atoms. The van der Waals surface area contributed by atoms with E-state index in [-0.39, 0.29) is 23.1 Å². The van der Waals surface area contributed by atoms with Crippen molar-refractivity contribution in [3.63, 3.8) is 0 Å². The fourth-order valence-electron chi connectivity index (χ4n) is 1.70. The van der Waals surface area contributed by atoms with E-state index in [0.29, 0.717) is 5.56 Å². The third kappa shape index (κ3) is 4.74. The van der Waals surface area contributed by atoms with Crippen LogP contribution in [0.25, 0.3) is 0 Å². The highest BCUT2D eigenvalue weighted by Gasteiger charge is 2.22. The maximum absolute atomic E-state index is 12.5. The molecule has 0 saturated carbocycles. The molecule has 1 N–H and O–H groups in total. The van der Waals surface area contributed by atoms with E-state index >= 15 is 0 Å². The smallest absolute Gasteiger partial charge is 0.301 e. The monoisotopic (exact) mass is 323 g/mol. The van der Waals surface area contributed by atoms with Gasteiger partial charge in [0.15, 0.2) is 0 Å². The van der Waals surface area contributed by atoms with E-state index in [4.69, 9.17) is 4.74 Å². The first-order valence-corrected chi connectivity index (χ1v) is 8.30. The molecule has 0 aromatic heterocycles. The summed E-state index contributed by atoms with van der Waals surface area (Å²) in [4.78, 5) is -0.122. The predicted octanol–water partition coefficient (Wildman–Crippen LogP) is 2.34. The van der Waals surface area contributed by atoms with Crippen LogP contribution in [-0.2, 0) is 14.8 Å². The molecule has 0 aliphatic heterocycles. The highest BCUT2D eigenvalue weighted by atomic mass is 32.2. The summed E-state index contributed by atoms with van der Waals surface area (Å²) in [5.74, 6) is 0. The average Bonchev–Trinajstić information content (AvgIpc) is 2.36. The largest absolute Gasteiger partial charge is 0.465 e. The highest BCUT2D eigenvalue weighted by molar-refractivity contribution is 7.90. The third-order valence-electron chi connectivity index (χ3n) is 2.59. The molecule has 0 spiro atoms. The molecule has 0 saturated heterocycles. The Morgan fingerprint density at radius 3 is 2.55 bits per heavy atom. The van der Waals surface area contributed by atoms with E-state index in [1.54, 1.807) is 26.0 Å². The number of benzene rings is 1. The zero-order valence-corrected chi connectivity index (χ0v) is 14.3. The zero-order chi connectivity index (χ0) is 17.0. The van der Waals surface area contributed by atoms with Crippen LogP contribution in [0.15, 0.2) is 27.5 Å². The Kier molecular flexibility index (Phi) is 5.55. The van der Waals surface area contributed by atoms with Crippen LogP contribution in [0.4, 0.5) is 0 Å². The van der Waals surface area contributed by atoms with Crippen LogP contribution in [0.5, 0.6) is 0 Å². The quantitative estimate of drug-likeness (QED) is 0.681. The van der Waals surface area contributed by atoms with Crippen LogP contribution in [0.3, 0.4) is 0 Å². The van der Waals surface area contributed by atoms with Crippen molar-refractivity contribution in [1.29, 1.82) is 5.26 Å². The second kappa shape index (κ2) is 6.79. The molecule has 0 aliphatic rings. The third-order valence-corrected chi connectivity index (χ3v) is 3.89. The first kappa shape index (κ1) is 18.0. The maximum atomic E-state index is 12.5. The van der Waals surface area contributed by atoms with Gasteiger partial charge in [0.05, 0.1) is 12.2 Å². The van der Waals surface area contributed by atoms with Crippen molar-refractivity contribution < 1.29 is 13.2 Å². The Balaban J connectivity index is 3.37. The predicted molar refractivity (Wildman–Crippen MR) is 85.0 cm³/mol. The lowest BCUT2D eigenvalue weighted by Crippen LogP contribution is -2.42. The van der Waals surface area contributed by atoms with Gasteiger partial charge in [-0.25, -0.2) is 0 Å². The van der Waals surface area contributed by atoms with Gasteiger partial charge in [-0.15, -0.1) is 4.40 Å². The lowest BCUT2D eigenvalue weighted by atomic mass is 10.1. The molecular weight excluding hydrogens is 302 g/mol. The topological polar surface area (TPSA) is 91.5 Å². The Morgan fingerprint density at radius 1 is 1.41 bits per heavy atom. The van der Waals surface area contributed by atoms with Crippen LogP contribution in [0.1, 0.15) is 38.8 Å². The van der Waals surface area contributed by atoms with Gasteiger partial charge in [-0.2, -0.15) is 13.7 Å². The summed E-state index contributed by atoms with van der Waals surface area (Å²) < 4.78 is 33.9. The van der Waals surface area contributed by atoms with Gasteiger partial charge in [0.25, 0.3) is 10.0 Å². The summed E-state index contributed by atoms with van der Waals surface area (Å²) in [6.07, 6.45) is 0. The minimum Gasteiger partial charge on any atom is -0.465 e. The van der Waals surface area contributed by atoms with Gasteiger partial charge in [0.2, 0.25) is 0 Å². The van der Waals surface area contributed by atoms with E-state index in [2.05, 4.69) is 9.71 Å². The van der Waals surface area contributed by atoms with E-state index in [9.17, 15) is 13.7 Å². The van der Waals surface area contributed by atoms with Crippen LogP contribution in [0.2, 0.25) is 0 Å². The summed E-state index contributed by atoms with van der Waals surface area (Å²) in [5, 5.41) is 12.1. The molecule has 1 rings (SSSR count). The number of amidine groups is 1. The molecule has 7 heteroatoms. The van der Waals surface area contributed by atoms with Gasteiger partial charge in [0.1, 0.15) is 11.0 Å². The lowest BCUT2D eigenvalue weighted by molar-refractivity contribution is 0.294. The molecule has 0 fully saturated rings. The van der Waals surface area contributed by atoms with E-state index in [0.717, 1.165) is 0 Å². The van der Waals surface area contributed by atoms with E-state index in [1.165, 1.54) is 6.07 Å². The summed E-state index contributed by atoms with van der Waals surface area (Å²) in [6.45, 7) is 9.28. The number of nitrogens with zero attached hydrogens (tertiary/aromatic N) is 2. The zero-order valence-electron chi connectivity index (χ0n) is 13.5. The molecule has 22 heavy (non-hydrogen) atoms. The first-order chi connectivity index (χ1) is 10.1. The molecule has 0 heterocycles. The standard InChI is InChI=1S/C15H21N3O3S/c1-6-21-14(17-15(3,4)5)18-22(19,20)13-9-7-8-11(2)12(13)10-16/h7-9H,6H2,1-5H3,(H,17,18). The molecule has 0 atom stereocenters. The average molecular weight is 323 g/mol. The summed E-state index contributed by atoms with van der Waals surface area (Å²) in [7, 11) is -4.04. The summed E-state index contributed by atoms with van der Waals surface area (Å²) in [5.41, 5.74) is 0.271. The minimum atomic E-state index is -4.04. The number of nitriles is 1. The van der Waals surface area contributed by atoms with Crippen molar-refractivity contribution in [2.45, 2.75) is 45.1 Å². The van der Waals surface area contributed by atoms with Crippen molar-refractivity contribution in [2.24, 2.45) is 4.40 Å². The summed E-state index contributed by atoms with van der Waals surface area (Å²) >= 11 is 0. The number of sulfonamides is 1. The number of rotatable bonds is 3. The number of ether oxygens (including phenoxy) is 1. The van der Waals surface area contributed by atoms with Crippen molar-refractivity contribution in [1.82, 2.24) is 5.32 Å². The minimum absolute atomic E-state index is 0.0830. The van der Waals surface area contributed by atoms with Gasteiger partial charge < -0.3 is 10.1 Å². The van der Waals surface area contributed by atoms with E-state index < -0.39 is 15.6 Å². The summed E-state index contributed by atoms with van der Waals surface area (Å²) in [6, 6.07) is 6.46. The number of aryl methyl sites for hydroxylation is 1. The SMILES string of the molecule is CCO/C(=N\S(=O)(=O)c1cccc(C)c1C#N)NC(C)(C)C. The van der Waals surface area contributed by atoms with Gasteiger partial charge in [-0.05, 0) is 46.2 Å². The van der Waals surface area contributed by atoms with Crippen molar-refractivity contribution >= 4 is 16.0 Å². The highest BCUT2D eigenvalue weighted by Crippen LogP contribution is 2.20. The lowest BCUT2D eigenvalue weighted by Gasteiger charge is -2.22. The Hall–Kier alpha value is -2.07. The van der Waals surface area contributed by atoms with Crippen molar-refractivity contribution in [3.05, 3.63) is 29.3 Å². The van der Waals surface area contributed by atoms with Crippen LogP contribution in [0, 0.1) is 18.3 Å². The maximum Gasteiger partial charge on any atom is 0.301 e. The van der Waals surface area contributed by atoms with Gasteiger partial charge in [0, 0.05) is 5.54 Å². The first-order valence-electron chi connectivity index (χ1n) is 6.86. The van der Waals surface area contributed by atoms with Crippen LogP contribution >= 0.6 is 0 Å². The molecule has 0 aliphatic carbocycles. The second-order valence-electron chi connectivity index (χ2n) is 5.74. The Labute approximate surface area is 131 Å². The molecule has 0 radical (unpaired) electrons. The van der Waals surface area contributed by atoms with Crippen molar-refractivity contribution in [2.75, 3.05) is 6.61 Å². The fourth-order valence-corrected chi connectivity index (χ4v) is 2.83. The molecule has 120 valence electrons. The normalized spacial score (nSPS) is 12.6. The Bertz CT molecular complexity index is 711. The van der Waals surface area contributed by atoms with E-state index in [1.807, 2.05) is 26.8 Å². The number of hydrogen-bond donors (Lipinski definition) is 1. The molecule has 6 nitrogen and oxygen atoms in total.